The fourth-order valence-electron chi connectivity index (χ4n) is 3.01. The molecule has 170 valence electrons. The Morgan fingerprint density at radius 3 is 2.62 bits per heavy atom. The van der Waals surface area contributed by atoms with Crippen molar-refractivity contribution in [2.24, 2.45) is 0 Å². The first-order chi connectivity index (χ1) is 15.1. The van der Waals surface area contributed by atoms with Crippen molar-refractivity contribution in [3.8, 4) is 11.3 Å². The smallest absolute Gasteiger partial charge is 0.416 e. The molecule has 1 N–H and O–H groups in total. The van der Waals surface area contributed by atoms with E-state index in [1.807, 2.05) is 0 Å². The lowest BCUT2D eigenvalue weighted by molar-refractivity contribution is -0.138. The Labute approximate surface area is 196 Å². The maximum absolute atomic E-state index is 12.8. The number of unbranched alkanes of at least 4 members (excludes halogenated alkanes) is 2. The summed E-state index contributed by atoms with van der Waals surface area (Å²) < 4.78 is 44.5. The molecule has 1 amide bonds. The number of amides is 1. The van der Waals surface area contributed by atoms with Crippen molar-refractivity contribution in [2.75, 3.05) is 6.54 Å². The molecule has 2 heterocycles. The molecule has 0 bridgehead atoms. The Morgan fingerprint density at radius 2 is 1.97 bits per heavy atom. The van der Waals surface area contributed by atoms with Gasteiger partial charge in [-0.2, -0.15) is 13.2 Å². The molecule has 0 unspecified atom stereocenters. The second-order valence-electron chi connectivity index (χ2n) is 6.93. The van der Waals surface area contributed by atoms with Crippen LogP contribution in [0.4, 0.5) is 13.2 Å². The highest BCUT2D eigenvalue weighted by Crippen LogP contribution is 2.37. The third-order valence-corrected chi connectivity index (χ3v) is 6.30. The van der Waals surface area contributed by atoms with Gasteiger partial charge in [0.1, 0.15) is 15.8 Å². The number of thioether (sulfide) groups is 1. The lowest BCUT2D eigenvalue weighted by atomic mass is 10.1. The highest BCUT2D eigenvalue weighted by atomic mass is 35.5. The summed E-state index contributed by atoms with van der Waals surface area (Å²) in [5, 5.41) is 8.56. The number of benzene rings is 1. The van der Waals surface area contributed by atoms with Gasteiger partial charge in [-0.25, -0.2) is 0 Å². The first-order valence-corrected chi connectivity index (χ1v) is 11.1. The first kappa shape index (κ1) is 24.3. The van der Waals surface area contributed by atoms with Crippen LogP contribution in [0.2, 0.25) is 5.02 Å². The second-order valence-corrected chi connectivity index (χ2v) is 9.02. The van der Waals surface area contributed by atoms with Crippen LogP contribution in [0.25, 0.3) is 17.4 Å². The molecule has 32 heavy (non-hydrogen) atoms. The van der Waals surface area contributed by atoms with Crippen molar-refractivity contribution >= 4 is 57.9 Å². The van der Waals surface area contributed by atoms with E-state index < -0.39 is 17.7 Å². The lowest BCUT2D eigenvalue weighted by Crippen LogP contribution is -2.29. The number of aliphatic carboxylic acids is 1. The largest absolute Gasteiger partial charge is 0.481 e. The van der Waals surface area contributed by atoms with Gasteiger partial charge in [-0.1, -0.05) is 42.0 Å². The van der Waals surface area contributed by atoms with Gasteiger partial charge < -0.3 is 9.52 Å². The third kappa shape index (κ3) is 5.93. The fourth-order valence-corrected chi connectivity index (χ4v) is 4.57. The van der Waals surface area contributed by atoms with Crippen LogP contribution < -0.4 is 0 Å². The van der Waals surface area contributed by atoms with Crippen LogP contribution in [0.3, 0.4) is 0 Å². The van der Waals surface area contributed by atoms with E-state index in [-0.39, 0.29) is 23.1 Å². The second kappa shape index (κ2) is 10.1. The molecule has 0 atom stereocenters. The Morgan fingerprint density at radius 1 is 1.22 bits per heavy atom. The number of thiocarbonyl (C=S) groups is 1. The number of furan rings is 1. The molecule has 0 saturated carbocycles. The summed E-state index contributed by atoms with van der Waals surface area (Å²) >= 11 is 12.4. The molecular weight excluding hydrogens is 487 g/mol. The molecule has 1 aromatic heterocycles. The van der Waals surface area contributed by atoms with Crippen LogP contribution in [0.15, 0.2) is 39.7 Å². The van der Waals surface area contributed by atoms with Gasteiger partial charge in [-0.3, -0.25) is 14.5 Å². The van der Waals surface area contributed by atoms with Crippen molar-refractivity contribution in [1.82, 2.24) is 4.90 Å². The Bertz CT molecular complexity index is 1080. The monoisotopic (exact) mass is 503 g/mol. The van der Waals surface area contributed by atoms with Gasteiger partial charge in [0, 0.05) is 24.6 Å². The summed E-state index contributed by atoms with van der Waals surface area (Å²) in [6.07, 6.45) is -1.07. The SMILES string of the molecule is O=C(O)CCCCCN1C(=O)/C(=C/c2ccc(-c3ccc(C(F)(F)F)cc3Cl)o2)SC1=S. The molecule has 5 nitrogen and oxygen atoms in total. The number of nitrogens with zero attached hydrogens (tertiary/aromatic N) is 1. The van der Waals surface area contributed by atoms with Crippen molar-refractivity contribution in [3.05, 3.63) is 51.6 Å². The molecule has 0 spiro atoms. The highest BCUT2D eigenvalue weighted by Gasteiger charge is 2.32. The Hall–Kier alpha value is -2.30. The van der Waals surface area contributed by atoms with Crippen LogP contribution in [-0.2, 0) is 15.8 Å². The quantitative estimate of drug-likeness (QED) is 0.253. The fraction of sp³-hybridized carbons (Fsp3) is 0.286. The average Bonchev–Trinajstić information content (AvgIpc) is 3.26. The number of carboxylic acid groups (broad SMARTS) is 1. The predicted molar refractivity (Wildman–Crippen MR) is 120 cm³/mol. The minimum atomic E-state index is -4.50. The number of hydrogen-bond acceptors (Lipinski definition) is 5. The predicted octanol–water partition coefficient (Wildman–Crippen LogP) is 6.47. The van der Waals surface area contributed by atoms with Gasteiger partial charge in [-0.15, -0.1) is 0 Å². The molecule has 2 aromatic rings. The molecule has 1 saturated heterocycles. The summed E-state index contributed by atoms with van der Waals surface area (Å²) in [7, 11) is 0. The highest BCUT2D eigenvalue weighted by molar-refractivity contribution is 8.26. The van der Waals surface area contributed by atoms with E-state index in [1.54, 1.807) is 12.1 Å². The van der Waals surface area contributed by atoms with Crippen LogP contribution in [-0.4, -0.2) is 32.7 Å². The number of halogens is 4. The zero-order chi connectivity index (χ0) is 23.5. The normalized spacial score (nSPS) is 15.8. The van der Waals surface area contributed by atoms with E-state index in [2.05, 4.69) is 0 Å². The lowest BCUT2D eigenvalue weighted by Gasteiger charge is -2.13. The molecule has 1 aromatic carbocycles. The average molecular weight is 504 g/mol. The molecule has 3 rings (SSSR count). The summed E-state index contributed by atoms with van der Waals surface area (Å²) in [4.78, 5) is 25.0. The third-order valence-electron chi connectivity index (χ3n) is 4.61. The number of rotatable bonds is 8. The Kier molecular flexibility index (Phi) is 7.68. The summed E-state index contributed by atoms with van der Waals surface area (Å²) in [6.45, 7) is 0.395. The number of carboxylic acids is 1. The number of alkyl halides is 3. The maximum atomic E-state index is 12.8. The van der Waals surface area contributed by atoms with Gasteiger partial charge in [0.15, 0.2) is 0 Å². The summed E-state index contributed by atoms with van der Waals surface area (Å²) in [6, 6.07) is 6.13. The van der Waals surface area contributed by atoms with Crippen LogP contribution in [0.1, 0.15) is 37.0 Å². The van der Waals surface area contributed by atoms with E-state index in [0.717, 1.165) is 23.9 Å². The number of carbonyl (C=O) groups is 2. The van der Waals surface area contributed by atoms with E-state index in [9.17, 15) is 22.8 Å². The van der Waals surface area contributed by atoms with E-state index in [0.29, 0.717) is 46.4 Å². The standard InChI is InChI=1S/C21H17ClF3NO4S2/c22-15-10-12(21(23,24)25)5-7-14(15)16-8-6-13(30-16)11-17-19(29)26(20(31)32-17)9-3-1-2-4-18(27)28/h5-8,10-11H,1-4,9H2,(H,27,28)/b17-11-. The molecular formula is C21H17ClF3NO4S2. The van der Waals surface area contributed by atoms with Crippen molar-refractivity contribution in [3.63, 3.8) is 0 Å². The van der Waals surface area contributed by atoms with E-state index >= 15 is 0 Å². The van der Waals surface area contributed by atoms with E-state index in [1.165, 1.54) is 17.0 Å². The van der Waals surface area contributed by atoms with Gasteiger partial charge in [0.2, 0.25) is 0 Å². The van der Waals surface area contributed by atoms with Gasteiger partial charge in [0.05, 0.1) is 15.5 Å². The maximum Gasteiger partial charge on any atom is 0.416 e. The van der Waals surface area contributed by atoms with Crippen LogP contribution in [0, 0.1) is 0 Å². The molecule has 1 fully saturated rings. The van der Waals surface area contributed by atoms with Crippen molar-refractivity contribution in [2.45, 2.75) is 31.9 Å². The molecule has 0 aliphatic carbocycles. The van der Waals surface area contributed by atoms with Crippen LogP contribution in [0.5, 0.6) is 0 Å². The topological polar surface area (TPSA) is 70.8 Å². The minimum Gasteiger partial charge on any atom is -0.481 e. The summed E-state index contributed by atoms with van der Waals surface area (Å²) in [5.41, 5.74) is -0.558. The van der Waals surface area contributed by atoms with Gasteiger partial charge in [-0.05, 0) is 43.2 Å². The molecule has 1 aliphatic heterocycles. The Balaban J connectivity index is 1.68. The first-order valence-electron chi connectivity index (χ1n) is 9.50. The summed E-state index contributed by atoms with van der Waals surface area (Å²) in [5.74, 6) is -0.528. The van der Waals surface area contributed by atoms with Gasteiger partial charge >= 0.3 is 12.1 Å². The zero-order valence-corrected chi connectivity index (χ0v) is 18.8. The van der Waals surface area contributed by atoms with E-state index in [4.69, 9.17) is 33.3 Å². The van der Waals surface area contributed by atoms with Crippen molar-refractivity contribution < 1.29 is 32.3 Å². The minimum absolute atomic E-state index is 0.0854. The number of carbonyl (C=O) groups excluding carboxylic acids is 1. The molecule has 0 radical (unpaired) electrons. The molecule has 11 heteroatoms. The number of hydrogen-bond donors (Lipinski definition) is 1. The van der Waals surface area contributed by atoms with Crippen molar-refractivity contribution in [1.29, 1.82) is 0 Å². The van der Waals surface area contributed by atoms with Crippen LogP contribution >= 0.6 is 35.6 Å². The molecule has 1 aliphatic rings. The zero-order valence-electron chi connectivity index (χ0n) is 16.4. The van der Waals surface area contributed by atoms with Gasteiger partial charge in [0.25, 0.3) is 5.91 Å².